The first-order valence-corrected chi connectivity index (χ1v) is 26.1. The number of halogens is 2. The van der Waals surface area contributed by atoms with Crippen LogP contribution in [0.3, 0.4) is 0 Å². The second-order valence-corrected chi connectivity index (χ2v) is 20.3. The van der Waals surface area contributed by atoms with Crippen molar-refractivity contribution >= 4 is 76.9 Å². The van der Waals surface area contributed by atoms with Crippen LogP contribution in [0.15, 0.2) is 138 Å². The second kappa shape index (κ2) is 21.1. The van der Waals surface area contributed by atoms with Crippen LogP contribution in [0.25, 0.3) is 0 Å². The number of hydrogen-bond acceptors (Lipinski definition) is 16. The van der Waals surface area contributed by atoms with E-state index >= 15 is 8.78 Å². The monoisotopic (exact) mass is 1080 g/mol. The summed E-state index contributed by atoms with van der Waals surface area (Å²) in [5, 5.41) is 6.03. The molecule has 0 saturated carbocycles. The van der Waals surface area contributed by atoms with Gasteiger partial charge in [0.2, 0.25) is 12.3 Å². The summed E-state index contributed by atoms with van der Waals surface area (Å²) >= 11 is 4.09. The van der Waals surface area contributed by atoms with Crippen LogP contribution in [-0.4, -0.2) is 113 Å². The lowest BCUT2D eigenvalue weighted by Gasteiger charge is -2.49. The van der Waals surface area contributed by atoms with Crippen LogP contribution in [0.1, 0.15) is 31.9 Å². The molecule has 4 amide bonds. The topological polar surface area (TPSA) is 205 Å². The fourth-order valence-corrected chi connectivity index (χ4v) is 12.7. The number of amides is 4. The van der Waals surface area contributed by atoms with Gasteiger partial charge >= 0.3 is 17.9 Å². The summed E-state index contributed by atoms with van der Waals surface area (Å²) in [5.41, 5.74) is -0.480. The maximum atomic E-state index is 16.3. The van der Waals surface area contributed by atoms with Gasteiger partial charge in [-0.3, -0.25) is 29.0 Å². The molecule has 7 heterocycles. The zero-order valence-corrected chi connectivity index (χ0v) is 41.7. The first kappa shape index (κ1) is 50.6. The van der Waals surface area contributed by atoms with Gasteiger partial charge in [-0.1, -0.05) is 61.7 Å². The number of rotatable bonds is 19. The van der Waals surface area contributed by atoms with Gasteiger partial charge in [-0.2, -0.15) is 0 Å². The first-order chi connectivity index (χ1) is 36.4. The molecule has 75 heavy (non-hydrogen) atoms. The molecule has 1 spiro atoms. The van der Waals surface area contributed by atoms with Gasteiger partial charge < -0.3 is 39.1 Å². The largest absolute Gasteiger partial charge is 0.486 e. The Morgan fingerprint density at radius 1 is 0.747 bits per heavy atom. The minimum Gasteiger partial charge on any atom is -0.486 e. The molecule has 5 unspecified atom stereocenters. The van der Waals surface area contributed by atoms with Crippen LogP contribution in [0.2, 0.25) is 0 Å². The highest BCUT2D eigenvalue weighted by molar-refractivity contribution is 8.00. The molecule has 2 fully saturated rings. The lowest BCUT2D eigenvalue weighted by molar-refractivity contribution is -0.152. The van der Waals surface area contributed by atoms with E-state index in [0.29, 0.717) is 23.1 Å². The van der Waals surface area contributed by atoms with E-state index < -0.39 is 69.8 Å². The molecule has 3 aromatic carbocycles. The van der Waals surface area contributed by atoms with Gasteiger partial charge in [0.1, 0.15) is 72.2 Å². The Bertz CT molecular complexity index is 3230. The van der Waals surface area contributed by atoms with Crippen LogP contribution in [0, 0.1) is 11.6 Å². The standard InChI is InChI=1S/C53H42F2N4O13S3/c1-3-15-69-51(65)44-28(25-74-48-42(56-27-60)46(62)58(44)48)10-7-17-67-39-23-37-33(21-35(39)54)53(32-14-6-5-13-31(32)50(64)72-53)34-22-36(55)40(24-38(34)71-37)68-18-8-11-29-26-75-49-43(57-41(61)20-30-12-9-19-73-30)47(63)59(49)45(29)52(66)70-16-4-2/h3-14,19,21-24,27,42-43,48-49H,1-2,15-18,20,25-26H2,(H,56,60)(H,57,61)/b10-7+,11-8+. The van der Waals surface area contributed by atoms with Gasteiger partial charge in [-0.25, -0.2) is 23.2 Å². The maximum Gasteiger partial charge on any atom is 0.355 e. The van der Waals surface area contributed by atoms with Crippen molar-refractivity contribution in [3.05, 3.63) is 177 Å². The molecule has 384 valence electrons. The molecular weight excluding hydrogens is 1030 g/mol. The third-order valence-electron chi connectivity index (χ3n) is 12.7. The van der Waals surface area contributed by atoms with Crippen molar-refractivity contribution in [3.63, 3.8) is 0 Å². The number of thiophene rings is 1. The van der Waals surface area contributed by atoms with Crippen molar-refractivity contribution < 1.29 is 70.8 Å². The quantitative estimate of drug-likeness (QED) is 0.0358. The van der Waals surface area contributed by atoms with Crippen LogP contribution in [0.5, 0.6) is 23.0 Å². The van der Waals surface area contributed by atoms with Crippen molar-refractivity contribution in [1.82, 2.24) is 20.4 Å². The zero-order chi connectivity index (χ0) is 52.5. The Hall–Kier alpha value is -7.95. The first-order valence-electron chi connectivity index (χ1n) is 23.1. The molecule has 5 atom stereocenters. The van der Waals surface area contributed by atoms with Crippen LogP contribution < -0.4 is 24.8 Å². The number of hydrogen-bond donors (Lipinski definition) is 2. The van der Waals surface area contributed by atoms with Gasteiger partial charge in [0.05, 0.1) is 23.1 Å². The zero-order valence-electron chi connectivity index (χ0n) is 39.2. The van der Waals surface area contributed by atoms with Crippen LogP contribution >= 0.6 is 34.9 Å². The van der Waals surface area contributed by atoms with E-state index in [9.17, 15) is 33.6 Å². The number of fused-ring (bicyclic) bond motifs is 8. The molecule has 6 aliphatic heterocycles. The van der Waals surface area contributed by atoms with E-state index in [0.717, 1.165) is 17.0 Å². The van der Waals surface area contributed by atoms with E-state index in [1.807, 2.05) is 17.5 Å². The predicted molar refractivity (Wildman–Crippen MR) is 269 cm³/mol. The molecule has 2 N–H and O–H groups in total. The van der Waals surface area contributed by atoms with Crippen molar-refractivity contribution in [1.29, 1.82) is 0 Å². The molecule has 22 heteroatoms. The van der Waals surface area contributed by atoms with Crippen molar-refractivity contribution in [3.8, 4) is 23.0 Å². The summed E-state index contributed by atoms with van der Waals surface area (Å²) in [5.74, 6) is -5.37. The number of ether oxygens (including phenoxy) is 6. The van der Waals surface area contributed by atoms with Crippen molar-refractivity contribution in [2.45, 2.75) is 34.9 Å². The molecule has 4 aromatic rings. The molecule has 0 aliphatic carbocycles. The third-order valence-corrected chi connectivity index (χ3v) is 16.1. The average molecular weight is 1080 g/mol. The Labute approximate surface area is 438 Å². The molecule has 6 aliphatic rings. The summed E-state index contributed by atoms with van der Waals surface area (Å²) in [6.07, 6.45) is 9.45. The molecule has 10 rings (SSSR count). The summed E-state index contributed by atoms with van der Waals surface area (Å²) in [6.45, 7) is 6.44. The highest BCUT2D eigenvalue weighted by Gasteiger charge is 2.56. The smallest absolute Gasteiger partial charge is 0.355 e. The van der Waals surface area contributed by atoms with Crippen molar-refractivity contribution in [2.75, 3.05) is 37.9 Å². The number of β-lactam (4-membered cyclic amide) rings is 2. The number of allylic oxidation sites excluding steroid dienone is 2. The lowest BCUT2D eigenvalue weighted by Crippen LogP contribution is -2.70. The van der Waals surface area contributed by atoms with Crippen LogP contribution in [-0.2, 0) is 55.0 Å². The minimum absolute atomic E-state index is 0.00452. The fourth-order valence-electron chi connectivity index (χ4n) is 9.36. The number of carbonyl (C=O) groups is 7. The molecular formula is C53H42F2N4O13S3. The van der Waals surface area contributed by atoms with Gasteiger partial charge in [0, 0.05) is 34.1 Å². The minimum atomic E-state index is -1.87. The van der Waals surface area contributed by atoms with Gasteiger partial charge in [0.25, 0.3) is 11.8 Å². The third kappa shape index (κ3) is 9.15. The second-order valence-electron chi connectivity index (χ2n) is 17.1. The van der Waals surface area contributed by atoms with E-state index in [2.05, 4.69) is 23.8 Å². The highest BCUT2D eigenvalue weighted by Crippen LogP contribution is 2.58. The number of esters is 3. The Kier molecular flexibility index (Phi) is 14.2. The SMILES string of the molecule is C=CCOC(=O)C1=C(/C=C/COc2cc3c(cc2F)C2(OC(=O)c4ccccc42)c2cc(F)c(OC/C=C/C4=C(C(=O)OCC=C)N5C(=O)C(NC(=O)Cc6cccs6)C5SC4)cc2O3)CSC2C(NC=O)C(=O)N12. The van der Waals surface area contributed by atoms with Gasteiger partial charge in [-0.15, -0.1) is 34.9 Å². The Balaban J connectivity index is 0.890. The normalized spacial score (nSPS) is 21.9. The van der Waals surface area contributed by atoms with E-state index in [1.165, 1.54) is 87.2 Å². The summed E-state index contributed by atoms with van der Waals surface area (Å²) in [4.78, 5) is 93.8. The maximum absolute atomic E-state index is 16.3. The van der Waals surface area contributed by atoms with E-state index in [4.69, 9.17) is 28.4 Å². The van der Waals surface area contributed by atoms with E-state index in [1.54, 1.807) is 30.4 Å². The van der Waals surface area contributed by atoms with Gasteiger partial charge in [-0.05, 0) is 52.9 Å². The van der Waals surface area contributed by atoms with E-state index in [-0.39, 0.29) is 101 Å². The molecule has 0 bridgehead atoms. The summed E-state index contributed by atoms with van der Waals surface area (Å²) in [7, 11) is 0. The summed E-state index contributed by atoms with van der Waals surface area (Å²) < 4.78 is 67.4. The molecule has 2 saturated heterocycles. The number of benzene rings is 3. The average Bonchev–Trinajstić information content (AvgIpc) is 4.17. The summed E-state index contributed by atoms with van der Waals surface area (Å²) in [6, 6.07) is 13.2. The number of carbonyl (C=O) groups excluding carboxylic acids is 7. The van der Waals surface area contributed by atoms with Gasteiger partial charge in [0.15, 0.2) is 28.7 Å². The number of nitrogens with zero attached hydrogens (tertiary/aromatic N) is 2. The number of nitrogens with one attached hydrogen (secondary N) is 2. The molecule has 1 aromatic heterocycles. The molecule has 17 nitrogen and oxygen atoms in total. The Morgan fingerprint density at radius 3 is 1.85 bits per heavy atom. The predicted octanol–water partition coefficient (Wildman–Crippen LogP) is 6.10. The Morgan fingerprint density at radius 2 is 1.31 bits per heavy atom. The lowest BCUT2D eigenvalue weighted by atomic mass is 9.77. The van der Waals surface area contributed by atoms with Crippen LogP contribution in [0.4, 0.5) is 8.78 Å². The number of thioether (sulfide) groups is 2. The van der Waals surface area contributed by atoms with Crippen molar-refractivity contribution in [2.24, 2.45) is 0 Å². The highest BCUT2D eigenvalue weighted by atomic mass is 32.2. The fraction of sp³-hybridized carbons (Fsp3) is 0.226. The molecule has 0 radical (unpaired) electrons.